The van der Waals surface area contributed by atoms with Crippen LogP contribution in [0.4, 0.5) is 4.79 Å². The molecular formula is C14H22N2O3. The molecule has 0 bridgehead atoms. The highest BCUT2D eigenvalue weighted by atomic mass is 16.4. The molecule has 1 unspecified atom stereocenters. The van der Waals surface area contributed by atoms with E-state index in [9.17, 15) is 9.90 Å². The van der Waals surface area contributed by atoms with Gasteiger partial charge in [-0.15, -0.1) is 0 Å². The van der Waals surface area contributed by atoms with Crippen molar-refractivity contribution in [2.75, 3.05) is 13.1 Å². The minimum Gasteiger partial charge on any atom is -0.463 e. The van der Waals surface area contributed by atoms with Crippen LogP contribution >= 0.6 is 0 Å². The zero-order chi connectivity index (χ0) is 14.3. The fourth-order valence-corrected chi connectivity index (χ4v) is 1.56. The molecule has 0 fully saturated rings. The van der Waals surface area contributed by atoms with E-state index in [0.29, 0.717) is 12.3 Å². The molecule has 0 aliphatic carbocycles. The summed E-state index contributed by atoms with van der Waals surface area (Å²) >= 11 is 0. The number of urea groups is 1. The number of allylic oxidation sites excluding steroid dienone is 1. The second-order valence-electron chi connectivity index (χ2n) is 4.65. The molecule has 5 nitrogen and oxygen atoms in total. The number of amides is 2. The van der Waals surface area contributed by atoms with Gasteiger partial charge in [0.15, 0.2) is 0 Å². The van der Waals surface area contributed by atoms with Crippen LogP contribution in [0.25, 0.3) is 0 Å². The molecule has 5 heteroatoms. The second-order valence-corrected chi connectivity index (χ2v) is 4.65. The molecule has 0 aliphatic heterocycles. The topological polar surface area (TPSA) is 74.5 Å². The zero-order valence-electron chi connectivity index (χ0n) is 11.7. The van der Waals surface area contributed by atoms with Crippen LogP contribution < -0.4 is 10.6 Å². The highest BCUT2D eigenvalue weighted by molar-refractivity contribution is 5.73. The number of aryl methyl sites for hydroxylation is 1. The van der Waals surface area contributed by atoms with E-state index < -0.39 is 5.60 Å². The van der Waals surface area contributed by atoms with E-state index >= 15 is 0 Å². The zero-order valence-corrected chi connectivity index (χ0v) is 11.7. The van der Waals surface area contributed by atoms with Crippen molar-refractivity contribution in [3.8, 4) is 0 Å². The molecule has 0 radical (unpaired) electrons. The molecule has 19 heavy (non-hydrogen) atoms. The lowest BCUT2D eigenvalue weighted by molar-refractivity contribution is 0.0360. The number of hydrogen-bond donors (Lipinski definition) is 3. The van der Waals surface area contributed by atoms with E-state index in [2.05, 4.69) is 10.6 Å². The number of hydrogen-bond acceptors (Lipinski definition) is 3. The van der Waals surface area contributed by atoms with Crippen LogP contribution in [0.1, 0.15) is 31.8 Å². The third-order valence-electron chi connectivity index (χ3n) is 2.70. The Kier molecular flexibility index (Phi) is 5.63. The Bertz CT molecular complexity index is 436. The minimum atomic E-state index is -1.21. The number of carbonyl (C=O) groups excluding carboxylic acids is 1. The quantitative estimate of drug-likeness (QED) is 0.545. The van der Waals surface area contributed by atoms with Gasteiger partial charge in [-0.2, -0.15) is 0 Å². The Morgan fingerprint density at radius 1 is 1.47 bits per heavy atom. The Balaban J connectivity index is 2.36. The molecule has 0 aliphatic rings. The first-order chi connectivity index (χ1) is 8.95. The van der Waals surface area contributed by atoms with Crippen molar-refractivity contribution in [1.29, 1.82) is 0 Å². The van der Waals surface area contributed by atoms with Gasteiger partial charge in [0.1, 0.15) is 17.1 Å². The van der Waals surface area contributed by atoms with Gasteiger partial charge < -0.3 is 20.2 Å². The van der Waals surface area contributed by atoms with E-state index in [4.69, 9.17) is 4.42 Å². The highest BCUT2D eigenvalue weighted by Crippen LogP contribution is 2.21. The summed E-state index contributed by atoms with van der Waals surface area (Å²) in [6, 6.07) is 3.19. The van der Waals surface area contributed by atoms with Crippen LogP contribution in [0.5, 0.6) is 0 Å². The predicted molar refractivity (Wildman–Crippen MR) is 73.8 cm³/mol. The van der Waals surface area contributed by atoms with Gasteiger partial charge in [-0.05, 0) is 39.3 Å². The van der Waals surface area contributed by atoms with Gasteiger partial charge in [0, 0.05) is 6.54 Å². The molecule has 3 N–H and O–H groups in total. The van der Waals surface area contributed by atoms with Crippen LogP contribution in [0.2, 0.25) is 0 Å². The Labute approximate surface area is 113 Å². The van der Waals surface area contributed by atoms with Crippen LogP contribution in [-0.2, 0) is 5.60 Å². The average Bonchev–Trinajstić information content (AvgIpc) is 2.80. The predicted octanol–water partition coefficient (Wildman–Crippen LogP) is 2.06. The van der Waals surface area contributed by atoms with Crippen molar-refractivity contribution in [3.63, 3.8) is 0 Å². The fraction of sp³-hybridized carbons (Fsp3) is 0.500. The Morgan fingerprint density at radius 3 is 2.79 bits per heavy atom. The normalized spacial score (nSPS) is 14.3. The summed E-state index contributed by atoms with van der Waals surface area (Å²) in [6.45, 7) is 6.00. The summed E-state index contributed by atoms with van der Waals surface area (Å²) < 4.78 is 5.36. The number of furan rings is 1. The number of nitrogens with one attached hydrogen (secondary N) is 2. The SMILES string of the molecule is C/C=C/CCNC(=O)NCC(C)(O)c1ccc(C)o1. The average molecular weight is 266 g/mol. The molecule has 2 amide bonds. The Morgan fingerprint density at radius 2 is 2.21 bits per heavy atom. The van der Waals surface area contributed by atoms with E-state index in [0.717, 1.165) is 12.2 Å². The van der Waals surface area contributed by atoms with Crippen molar-refractivity contribution in [2.45, 2.75) is 32.8 Å². The minimum absolute atomic E-state index is 0.0927. The third kappa shape index (κ3) is 5.18. The first-order valence-corrected chi connectivity index (χ1v) is 6.38. The lowest BCUT2D eigenvalue weighted by Crippen LogP contribution is -2.43. The molecule has 0 saturated carbocycles. The number of aliphatic hydroxyl groups is 1. The second kappa shape index (κ2) is 6.99. The lowest BCUT2D eigenvalue weighted by atomic mass is 10.0. The summed E-state index contributed by atoms with van der Waals surface area (Å²) in [5.74, 6) is 1.17. The molecular weight excluding hydrogens is 244 g/mol. The molecule has 1 aromatic rings. The molecule has 0 spiro atoms. The number of carbonyl (C=O) groups is 1. The van der Waals surface area contributed by atoms with Gasteiger partial charge in [-0.3, -0.25) is 0 Å². The Hall–Kier alpha value is -1.75. The number of rotatable bonds is 6. The summed E-state index contributed by atoms with van der Waals surface area (Å²) in [7, 11) is 0. The maximum absolute atomic E-state index is 11.5. The van der Waals surface area contributed by atoms with E-state index in [1.807, 2.05) is 19.1 Å². The summed E-state index contributed by atoms with van der Waals surface area (Å²) in [4.78, 5) is 11.5. The van der Waals surface area contributed by atoms with Crippen LogP contribution in [0.15, 0.2) is 28.7 Å². The molecule has 1 aromatic heterocycles. The molecule has 0 aromatic carbocycles. The van der Waals surface area contributed by atoms with E-state index in [-0.39, 0.29) is 12.6 Å². The van der Waals surface area contributed by atoms with E-state index in [1.54, 1.807) is 26.0 Å². The maximum Gasteiger partial charge on any atom is 0.314 e. The monoisotopic (exact) mass is 266 g/mol. The van der Waals surface area contributed by atoms with Crippen molar-refractivity contribution < 1.29 is 14.3 Å². The van der Waals surface area contributed by atoms with Crippen molar-refractivity contribution in [2.24, 2.45) is 0 Å². The van der Waals surface area contributed by atoms with E-state index in [1.165, 1.54) is 0 Å². The summed E-state index contributed by atoms with van der Waals surface area (Å²) in [5, 5.41) is 15.5. The van der Waals surface area contributed by atoms with Gasteiger partial charge in [0.2, 0.25) is 0 Å². The van der Waals surface area contributed by atoms with Gasteiger partial charge in [-0.25, -0.2) is 4.79 Å². The maximum atomic E-state index is 11.5. The lowest BCUT2D eigenvalue weighted by Gasteiger charge is -2.21. The van der Waals surface area contributed by atoms with Gasteiger partial charge >= 0.3 is 6.03 Å². The molecule has 1 atom stereocenters. The van der Waals surface area contributed by atoms with Crippen molar-refractivity contribution in [1.82, 2.24) is 10.6 Å². The van der Waals surface area contributed by atoms with Gasteiger partial charge in [0.05, 0.1) is 6.54 Å². The smallest absolute Gasteiger partial charge is 0.314 e. The molecule has 106 valence electrons. The molecule has 0 saturated heterocycles. The van der Waals surface area contributed by atoms with Gasteiger partial charge in [0.25, 0.3) is 0 Å². The standard InChI is InChI=1S/C14H22N2O3/c1-4-5-6-9-15-13(17)16-10-14(3,18)12-8-7-11(2)19-12/h4-5,7-8,18H,6,9-10H2,1-3H3,(H2,15,16,17)/b5-4+. The van der Waals surface area contributed by atoms with Crippen LogP contribution in [0.3, 0.4) is 0 Å². The van der Waals surface area contributed by atoms with Crippen LogP contribution in [-0.4, -0.2) is 24.2 Å². The first kappa shape index (κ1) is 15.3. The van der Waals surface area contributed by atoms with Crippen molar-refractivity contribution in [3.05, 3.63) is 35.8 Å². The third-order valence-corrected chi connectivity index (χ3v) is 2.70. The fourth-order valence-electron chi connectivity index (χ4n) is 1.56. The van der Waals surface area contributed by atoms with Crippen molar-refractivity contribution >= 4 is 6.03 Å². The van der Waals surface area contributed by atoms with Gasteiger partial charge in [-0.1, -0.05) is 12.2 Å². The summed E-state index contributed by atoms with van der Waals surface area (Å²) in [6.07, 6.45) is 4.70. The molecule has 1 heterocycles. The highest BCUT2D eigenvalue weighted by Gasteiger charge is 2.27. The molecule has 1 rings (SSSR count). The first-order valence-electron chi connectivity index (χ1n) is 6.38. The largest absolute Gasteiger partial charge is 0.463 e. The summed E-state index contributed by atoms with van der Waals surface area (Å²) in [5.41, 5.74) is -1.21. The van der Waals surface area contributed by atoms with Crippen LogP contribution in [0, 0.1) is 6.92 Å².